The molecule has 0 spiro atoms. The number of imidazole rings is 1. The highest BCUT2D eigenvalue weighted by Crippen LogP contribution is 2.24. The second-order valence-electron chi connectivity index (χ2n) is 3.20. The zero-order valence-corrected chi connectivity index (χ0v) is 9.97. The summed E-state index contributed by atoms with van der Waals surface area (Å²) >= 11 is 3.35. The van der Waals surface area contributed by atoms with Gasteiger partial charge in [0.2, 0.25) is 0 Å². The Kier molecular flexibility index (Phi) is 2.74. The summed E-state index contributed by atoms with van der Waals surface area (Å²) in [5.41, 5.74) is 0.632. The first-order valence-electron chi connectivity index (χ1n) is 4.47. The minimum Gasteiger partial charge on any atom is -0.476 e. The molecule has 6 heteroatoms. The Morgan fingerprint density at radius 1 is 1.56 bits per heavy atom. The number of carboxylic acids is 1. The van der Waals surface area contributed by atoms with E-state index in [4.69, 9.17) is 5.11 Å². The number of rotatable bonds is 2. The molecule has 0 saturated carbocycles. The van der Waals surface area contributed by atoms with Crippen molar-refractivity contribution in [2.75, 3.05) is 0 Å². The summed E-state index contributed by atoms with van der Waals surface area (Å²) in [4.78, 5) is 18.9. The van der Waals surface area contributed by atoms with Crippen LogP contribution in [0.2, 0.25) is 0 Å². The fourth-order valence-corrected chi connectivity index (χ4v) is 1.77. The monoisotopic (exact) mass is 281 g/mol. The van der Waals surface area contributed by atoms with E-state index < -0.39 is 5.97 Å². The number of aryl methyl sites for hydroxylation is 1. The molecule has 0 radical (unpaired) electrons. The second-order valence-corrected chi connectivity index (χ2v) is 4.05. The van der Waals surface area contributed by atoms with Crippen molar-refractivity contribution in [3.63, 3.8) is 0 Å². The molecule has 2 heterocycles. The van der Waals surface area contributed by atoms with Gasteiger partial charge < -0.3 is 9.67 Å². The van der Waals surface area contributed by atoms with Crippen molar-refractivity contribution >= 4 is 21.9 Å². The van der Waals surface area contributed by atoms with Gasteiger partial charge in [-0.25, -0.2) is 9.78 Å². The number of aromatic carboxylic acids is 1. The summed E-state index contributed by atoms with van der Waals surface area (Å²) in [6.45, 7) is 0. The van der Waals surface area contributed by atoms with Gasteiger partial charge in [-0.15, -0.1) is 0 Å². The topological polar surface area (TPSA) is 68.0 Å². The molecule has 5 nitrogen and oxygen atoms in total. The minimum absolute atomic E-state index is 0.00931. The average molecular weight is 282 g/mol. The first-order valence-corrected chi connectivity index (χ1v) is 5.26. The molecule has 0 aliphatic rings. The largest absolute Gasteiger partial charge is 0.476 e. The summed E-state index contributed by atoms with van der Waals surface area (Å²) in [7, 11) is 1.73. The smallest absolute Gasteiger partial charge is 0.356 e. The molecular formula is C10H8BrN3O2. The van der Waals surface area contributed by atoms with Gasteiger partial charge in [-0.3, -0.25) is 4.98 Å². The van der Waals surface area contributed by atoms with E-state index in [-0.39, 0.29) is 5.69 Å². The number of hydrogen-bond acceptors (Lipinski definition) is 3. The van der Waals surface area contributed by atoms with Crippen molar-refractivity contribution in [1.29, 1.82) is 0 Å². The lowest BCUT2D eigenvalue weighted by Gasteiger charge is -2.01. The highest BCUT2D eigenvalue weighted by molar-refractivity contribution is 9.10. The van der Waals surface area contributed by atoms with E-state index in [2.05, 4.69) is 25.9 Å². The number of pyridine rings is 1. The Bertz CT molecular complexity index is 551. The van der Waals surface area contributed by atoms with Gasteiger partial charge in [0.05, 0.1) is 0 Å². The summed E-state index contributed by atoms with van der Waals surface area (Å²) in [5.74, 6) is -0.529. The Hall–Kier alpha value is -1.69. The molecule has 0 fully saturated rings. The Labute approximate surface area is 99.9 Å². The Morgan fingerprint density at radius 2 is 2.31 bits per heavy atom. The fraction of sp³-hybridized carbons (Fsp3) is 0.100. The SMILES string of the molecule is Cn1cc(C(=O)O)nc1-c1ncccc1Br. The van der Waals surface area contributed by atoms with Crippen molar-refractivity contribution < 1.29 is 9.90 Å². The van der Waals surface area contributed by atoms with Crippen LogP contribution < -0.4 is 0 Å². The molecule has 16 heavy (non-hydrogen) atoms. The number of nitrogens with zero attached hydrogens (tertiary/aromatic N) is 3. The standard InChI is InChI=1S/C10H8BrN3O2/c1-14-5-7(10(15)16)13-9(14)8-6(11)3-2-4-12-8/h2-5H,1H3,(H,15,16). The molecule has 0 bridgehead atoms. The highest BCUT2D eigenvalue weighted by atomic mass is 79.9. The third-order valence-electron chi connectivity index (χ3n) is 2.07. The number of carboxylic acid groups (broad SMARTS) is 1. The van der Waals surface area contributed by atoms with Crippen molar-refractivity contribution in [2.45, 2.75) is 0 Å². The average Bonchev–Trinajstić information content (AvgIpc) is 2.61. The molecule has 0 unspecified atom stereocenters. The van der Waals surface area contributed by atoms with Crippen LogP contribution in [0.25, 0.3) is 11.5 Å². The van der Waals surface area contributed by atoms with Crippen LogP contribution >= 0.6 is 15.9 Å². The molecule has 0 saturated heterocycles. The summed E-state index contributed by atoms with van der Waals surface area (Å²) in [5, 5.41) is 8.83. The van der Waals surface area contributed by atoms with Gasteiger partial charge in [0.1, 0.15) is 5.69 Å². The van der Waals surface area contributed by atoms with E-state index in [9.17, 15) is 4.79 Å². The number of halogens is 1. The lowest BCUT2D eigenvalue weighted by atomic mass is 10.3. The second kappa shape index (κ2) is 4.05. The van der Waals surface area contributed by atoms with Crippen molar-refractivity contribution in [3.05, 3.63) is 34.7 Å². The lowest BCUT2D eigenvalue weighted by molar-refractivity contribution is 0.0691. The van der Waals surface area contributed by atoms with Crippen molar-refractivity contribution in [3.8, 4) is 11.5 Å². The van der Waals surface area contributed by atoms with Crippen LogP contribution in [0.4, 0.5) is 0 Å². The number of hydrogen-bond donors (Lipinski definition) is 1. The van der Waals surface area contributed by atoms with E-state index in [1.807, 2.05) is 6.07 Å². The Morgan fingerprint density at radius 3 is 2.88 bits per heavy atom. The van der Waals surface area contributed by atoms with Crippen LogP contribution in [-0.2, 0) is 7.05 Å². The molecule has 0 aromatic carbocycles. The molecule has 0 aliphatic carbocycles. The molecule has 0 amide bonds. The van der Waals surface area contributed by atoms with E-state index >= 15 is 0 Å². The van der Waals surface area contributed by atoms with Crippen LogP contribution in [0, 0.1) is 0 Å². The predicted molar refractivity (Wildman–Crippen MR) is 61.1 cm³/mol. The third kappa shape index (κ3) is 1.83. The predicted octanol–water partition coefficient (Wildman–Crippen LogP) is 1.94. The Balaban J connectivity index is 2.57. The quantitative estimate of drug-likeness (QED) is 0.914. The van der Waals surface area contributed by atoms with Gasteiger partial charge in [0.15, 0.2) is 11.5 Å². The van der Waals surface area contributed by atoms with Gasteiger partial charge in [-0.05, 0) is 28.1 Å². The van der Waals surface area contributed by atoms with E-state index in [0.29, 0.717) is 11.5 Å². The van der Waals surface area contributed by atoms with Crippen LogP contribution in [-0.4, -0.2) is 25.6 Å². The van der Waals surface area contributed by atoms with Crippen molar-refractivity contribution in [1.82, 2.24) is 14.5 Å². The van der Waals surface area contributed by atoms with Crippen LogP contribution in [0.3, 0.4) is 0 Å². The van der Waals surface area contributed by atoms with E-state index in [1.54, 1.807) is 23.9 Å². The minimum atomic E-state index is -1.05. The first kappa shape index (κ1) is 10.8. The van der Waals surface area contributed by atoms with E-state index in [0.717, 1.165) is 4.47 Å². The van der Waals surface area contributed by atoms with Crippen LogP contribution in [0.15, 0.2) is 29.0 Å². The first-order chi connectivity index (χ1) is 7.59. The van der Waals surface area contributed by atoms with Crippen LogP contribution in [0.1, 0.15) is 10.5 Å². The maximum Gasteiger partial charge on any atom is 0.356 e. The highest BCUT2D eigenvalue weighted by Gasteiger charge is 2.15. The number of aromatic nitrogens is 3. The van der Waals surface area contributed by atoms with Gasteiger partial charge in [-0.1, -0.05) is 0 Å². The summed E-state index contributed by atoms with van der Waals surface area (Å²) < 4.78 is 2.41. The molecule has 0 aliphatic heterocycles. The summed E-state index contributed by atoms with van der Waals surface area (Å²) in [6.07, 6.45) is 3.09. The third-order valence-corrected chi connectivity index (χ3v) is 2.71. The summed E-state index contributed by atoms with van der Waals surface area (Å²) in [6, 6.07) is 3.62. The molecular weight excluding hydrogens is 274 g/mol. The van der Waals surface area contributed by atoms with Gasteiger partial charge in [0.25, 0.3) is 0 Å². The molecule has 82 valence electrons. The van der Waals surface area contributed by atoms with Gasteiger partial charge in [0, 0.05) is 23.9 Å². The fourth-order valence-electron chi connectivity index (χ4n) is 1.34. The van der Waals surface area contributed by atoms with Crippen LogP contribution in [0.5, 0.6) is 0 Å². The van der Waals surface area contributed by atoms with Gasteiger partial charge in [-0.2, -0.15) is 0 Å². The zero-order valence-electron chi connectivity index (χ0n) is 8.38. The molecule has 2 aromatic heterocycles. The van der Waals surface area contributed by atoms with E-state index in [1.165, 1.54) is 6.20 Å². The molecule has 2 rings (SSSR count). The normalized spacial score (nSPS) is 10.4. The maximum atomic E-state index is 10.8. The molecule has 1 N–H and O–H groups in total. The molecule has 2 aromatic rings. The molecule has 0 atom stereocenters. The van der Waals surface area contributed by atoms with Gasteiger partial charge >= 0.3 is 5.97 Å². The maximum absolute atomic E-state index is 10.8. The lowest BCUT2D eigenvalue weighted by Crippen LogP contribution is -1.96. The van der Waals surface area contributed by atoms with Crippen molar-refractivity contribution in [2.24, 2.45) is 7.05 Å². The zero-order chi connectivity index (χ0) is 11.7. The number of carbonyl (C=O) groups is 1.